The lowest BCUT2D eigenvalue weighted by Crippen LogP contribution is -2.11. The van der Waals surface area contributed by atoms with E-state index in [2.05, 4.69) is 15.2 Å². The summed E-state index contributed by atoms with van der Waals surface area (Å²) in [5.74, 6) is 0.812. The summed E-state index contributed by atoms with van der Waals surface area (Å²) in [7, 11) is 1.93. The summed E-state index contributed by atoms with van der Waals surface area (Å²) in [5, 5.41) is 9.96. The summed E-state index contributed by atoms with van der Waals surface area (Å²) >= 11 is 1.42. The summed E-state index contributed by atoms with van der Waals surface area (Å²) in [6, 6.07) is 27.6. The van der Waals surface area contributed by atoms with E-state index >= 15 is 0 Å². The van der Waals surface area contributed by atoms with Gasteiger partial charge in [-0.3, -0.25) is 4.79 Å². The van der Waals surface area contributed by atoms with Crippen molar-refractivity contribution < 1.29 is 4.79 Å². The van der Waals surface area contributed by atoms with Crippen molar-refractivity contribution in [2.45, 2.75) is 10.4 Å². The highest BCUT2D eigenvalue weighted by Crippen LogP contribution is 2.39. The van der Waals surface area contributed by atoms with E-state index < -0.39 is 5.25 Å². The van der Waals surface area contributed by atoms with Gasteiger partial charge in [0.15, 0.2) is 16.8 Å². The van der Waals surface area contributed by atoms with Gasteiger partial charge in [-0.15, -0.1) is 10.2 Å². The van der Waals surface area contributed by atoms with E-state index in [4.69, 9.17) is 0 Å². The Labute approximate surface area is 184 Å². The zero-order valence-corrected chi connectivity index (χ0v) is 17.7. The monoisotopic (exact) mass is 424 g/mol. The van der Waals surface area contributed by atoms with Gasteiger partial charge in [-0.1, -0.05) is 90.6 Å². The summed E-state index contributed by atoms with van der Waals surface area (Å²) in [4.78, 5) is 16.9. The third-order valence-corrected chi connectivity index (χ3v) is 6.57. The van der Waals surface area contributed by atoms with E-state index in [0.29, 0.717) is 10.7 Å². The van der Waals surface area contributed by atoms with E-state index in [0.717, 1.165) is 27.9 Å². The second kappa shape index (κ2) is 8.24. The van der Waals surface area contributed by atoms with Crippen molar-refractivity contribution in [2.24, 2.45) is 7.05 Å². The fourth-order valence-electron chi connectivity index (χ4n) is 3.68. The molecule has 2 aromatic heterocycles. The molecular weight excluding hydrogens is 404 g/mol. The zero-order valence-electron chi connectivity index (χ0n) is 16.9. The number of fused-ring (bicyclic) bond motifs is 1. The van der Waals surface area contributed by atoms with Gasteiger partial charge >= 0.3 is 0 Å². The topological polar surface area (TPSA) is 63.6 Å². The Hall–Kier alpha value is -3.64. The van der Waals surface area contributed by atoms with Crippen LogP contribution in [0.15, 0.2) is 96.3 Å². The van der Waals surface area contributed by atoms with Crippen molar-refractivity contribution >= 4 is 28.4 Å². The number of H-pyrrole nitrogens is 1. The molecular formula is C25H20N4OS. The number of benzene rings is 3. The molecule has 0 aliphatic heterocycles. The predicted octanol–water partition coefficient (Wildman–Crippen LogP) is 5.68. The number of para-hydroxylation sites is 1. The third kappa shape index (κ3) is 3.66. The van der Waals surface area contributed by atoms with Crippen LogP contribution in [0.4, 0.5) is 0 Å². The molecule has 0 amide bonds. The molecule has 5 rings (SSSR count). The van der Waals surface area contributed by atoms with Crippen LogP contribution in [0.2, 0.25) is 0 Å². The van der Waals surface area contributed by atoms with Gasteiger partial charge in [-0.2, -0.15) is 0 Å². The molecule has 0 radical (unpaired) electrons. The van der Waals surface area contributed by atoms with E-state index in [-0.39, 0.29) is 5.78 Å². The van der Waals surface area contributed by atoms with Crippen LogP contribution in [-0.2, 0) is 7.05 Å². The first-order valence-corrected chi connectivity index (χ1v) is 10.9. The van der Waals surface area contributed by atoms with Gasteiger partial charge in [0.05, 0.1) is 0 Å². The molecule has 3 aromatic carbocycles. The molecule has 1 atom stereocenters. The molecule has 5 nitrogen and oxygen atoms in total. The van der Waals surface area contributed by atoms with Crippen LogP contribution in [0, 0.1) is 0 Å². The molecule has 0 saturated carbocycles. The Morgan fingerprint density at radius 1 is 0.903 bits per heavy atom. The Bertz CT molecular complexity index is 1340. The number of hydrogen-bond acceptors (Lipinski definition) is 4. The fourth-order valence-corrected chi connectivity index (χ4v) is 4.75. The van der Waals surface area contributed by atoms with Crippen LogP contribution in [0.25, 0.3) is 22.3 Å². The van der Waals surface area contributed by atoms with Gasteiger partial charge in [-0.25, -0.2) is 0 Å². The molecule has 31 heavy (non-hydrogen) atoms. The van der Waals surface area contributed by atoms with Gasteiger partial charge < -0.3 is 9.55 Å². The highest BCUT2D eigenvalue weighted by atomic mass is 32.2. The van der Waals surface area contributed by atoms with Crippen LogP contribution in [0.1, 0.15) is 21.2 Å². The van der Waals surface area contributed by atoms with Gasteiger partial charge in [0.25, 0.3) is 0 Å². The van der Waals surface area contributed by atoms with Crippen molar-refractivity contribution in [1.82, 2.24) is 19.7 Å². The number of nitrogens with zero attached hydrogens (tertiary/aromatic N) is 3. The van der Waals surface area contributed by atoms with Crippen LogP contribution in [-0.4, -0.2) is 25.5 Å². The molecule has 6 heteroatoms. The smallest absolute Gasteiger partial charge is 0.192 e. The number of aromatic amines is 1. The molecule has 0 fully saturated rings. The average Bonchev–Trinajstić information content (AvgIpc) is 3.42. The maximum absolute atomic E-state index is 13.7. The minimum Gasteiger partial charge on any atom is -0.360 e. The molecule has 0 aliphatic rings. The Morgan fingerprint density at radius 2 is 1.58 bits per heavy atom. The second-order valence-electron chi connectivity index (χ2n) is 7.25. The molecule has 152 valence electrons. The Morgan fingerprint density at radius 3 is 2.35 bits per heavy atom. The molecule has 5 aromatic rings. The number of thioether (sulfide) groups is 1. The Balaban J connectivity index is 1.54. The largest absolute Gasteiger partial charge is 0.360 e. The molecule has 0 spiro atoms. The Kier molecular flexibility index (Phi) is 5.14. The maximum atomic E-state index is 13.7. The van der Waals surface area contributed by atoms with Crippen molar-refractivity contribution in [2.75, 3.05) is 0 Å². The first kappa shape index (κ1) is 19.3. The van der Waals surface area contributed by atoms with Crippen molar-refractivity contribution in [3.63, 3.8) is 0 Å². The standard InChI is InChI=1S/C25H20N4OS/c1-29-24(18-12-6-3-7-13-18)27-28-25(29)31-23(17-10-4-2-5-11-17)22(30)20-16-26-21-15-9-8-14-19(20)21/h2-16,23,26H,1H3. The van der Waals surface area contributed by atoms with Gasteiger partial charge in [0, 0.05) is 35.3 Å². The van der Waals surface area contributed by atoms with Gasteiger partial charge in [0.1, 0.15) is 5.25 Å². The minimum atomic E-state index is -0.438. The lowest BCUT2D eigenvalue weighted by molar-refractivity contribution is 0.0991. The third-order valence-electron chi connectivity index (χ3n) is 5.29. The van der Waals surface area contributed by atoms with Crippen molar-refractivity contribution in [3.8, 4) is 11.4 Å². The highest BCUT2D eigenvalue weighted by molar-refractivity contribution is 8.00. The van der Waals surface area contributed by atoms with Crippen LogP contribution in [0.5, 0.6) is 0 Å². The average molecular weight is 425 g/mol. The number of aromatic nitrogens is 4. The summed E-state index contributed by atoms with van der Waals surface area (Å²) < 4.78 is 1.94. The van der Waals surface area contributed by atoms with E-state index in [1.54, 1.807) is 6.20 Å². The SMILES string of the molecule is Cn1c(SC(C(=O)c2c[nH]c3ccccc23)c2ccccc2)nnc1-c1ccccc1. The van der Waals surface area contributed by atoms with E-state index in [9.17, 15) is 4.79 Å². The van der Waals surface area contributed by atoms with Crippen molar-refractivity contribution in [1.29, 1.82) is 0 Å². The molecule has 1 unspecified atom stereocenters. The second-order valence-corrected chi connectivity index (χ2v) is 8.32. The van der Waals surface area contributed by atoms with E-state index in [1.807, 2.05) is 96.5 Å². The normalized spacial score (nSPS) is 12.2. The predicted molar refractivity (Wildman–Crippen MR) is 124 cm³/mol. The quantitative estimate of drug-likeness (QED) is 0.281. The molecule has 2 heterocycles. The van der Waals surface area contributed by atoms with Gasteiger partial charge in [-0.05, 0) is 11.6 Å². The molecule has 0 aliphatic carbocycles. The summed E-state index contributed by atoms with van der Waals surface area (Å²) in [6.07, 6.45) is 1.80. The number of nitrogens with one attached hydrogen (secondary N) is 1. The molecule has 0 bridgehead atoms. The number of carbonyl (C=O) groups is 1. The van der Waals surface area contributed by atoms with Crippen molar-refractivity contribution in [3.05, 3.63) is 102 Å². The number of hydrogen-bond donors (Lipinski definition) is 1. The lowest BCUT2D eigenvalue weighted by atomic mass is 10.0. The highest BCUT2D eigenvalue weighted by Gasteiger charge is 2.27. The number of rotatable bonds is 6. The number of carbonyl (C=O) groups excluding carboxylic acids is 1. The maximum Gasteiger partial charge on any atom is 0.192 e. The molecule has 1 N–H and O–H groups in total. The van der Waals surface area contributed by atoms with Crippen LogP contribution in [0.3, 0.4) is 0 Å². The minimum absolute atomic E-state index is 0.0397. The summed E-state index contributed by atoms with van der Waals surface area (Å²) in [6.45, 7) is 0. The van der Waals surface area contributed by atoms with Crippen LogP contribution < -0.4 is 0 Å². The molecule has 0 saturated heterocycles. The van der Waals surface area contributed by atoms with Crippen LogP contribution >= 0.6 is 11.8 Å². The number of ketones is 1. The lowest BCUT2D eigenvalue weighted by Gasteiger charge is -2.15. The first-order chi connectivity index (χ1) is 15.2. The summed E-state index contributed by atoms with van der Waals surface area (Å²) in [5.41, 5.74) is 3.56. The number of Topliss-reactive ketones (excluding diaryl/α,β-unsaturated/α-hetero) is 1. The first-order valence-electron chi connectivity index (χ1n) is 9.99. The van der Waals surface area contributed by atoms with Gasteiger partial charge in [0.2, 0.25) is 0 Å². The zero-order chi connectivity index (χ0) is 21.2. The van der Waals surface area contributed by atoms with E-state index in [1.165, 1.54) is 11.8 Å². The fraction of sp³-hybridized carbons (Fsp3) is 0.0800.